The maximum Gasteiger partial charge on any atom is 0.259 e. The molecule has 6 rings (SSSR count). The van der Waals surface area contributed by atoms with Gasteiger partial charge in [0.2, 0.25) is 10.0 Å². The third-order valence-electron chi connectivity index (χ3n) is 6.79. The monoisotopic (exact) mass is 564 g/mol. The van der Waals surface area contributed by atoms with Crippen molar-refractivity contribution in [1.29, 1.82) is 5.26 Å². The summed E-state index contributed by atoms with van der Waals surface area (Å²) in [6.07, 6.45) is 3.40. The SMILES string of the molecule is N#C/C(=C/c1cn(-c2ccccc2)nc1-c1ccc(S(=O)(=O)N2CCOCC2)cc1)c1nc2ccccc2c(=O)[nH]1. The highest BCUT2D eigenvalue weighted by Gasteiger charge is 2.26. The van der Waals surface area contributed by atoms with Crippen LogP contribution in [0.4, 0.5) is 0 Å². The lowest BCUT2D eigenvalue weighted by Gasteiger charge is -2.26. The van der Waals surface area contributed by atoms with E-state index in [1.54, 1.807) is 65.5 Å². The number of fused-ring (bicyclic) bond motifs is 1. The van der Waals surface area contributed by atoms with Crippen molar-refractivity contribution in [1.82, 2.24) is 24.1 Å². The zero-order valence-electron chi connectivity index (χ0n) is 21.8. The first-order valence-corrected chi connectivity index (χ1v) is 14.3. The van der Waals surface area contributed by atoms with Gasteiger partial charge in [0, 0.05) is 30.4 Å². The van der Waals surface area contributed by atoms with Crippen LogP contribution in [0.25, 0.3) is 39.5 Å². The van der Waals surface area contributed by atoms with E-state index in [1.165, 1.54) is 4.31 Å². The van der Waals surface area contributed by atoms with Gasteiger partial charge in [-0.25, -0.2) is 18.1 Å². The maximum atomic E-state index is 13.1. The van der Waals surface area contributed by atoms with Gasteiger partial charge in [0.25, 0.3) is 5.56 Å². The Hall–Kier alpha value is -4.89. The second-order valence-electron chi connectivity index (χ2n) is 9.36. The summed E-state index contributed by atoms with van der Waals surface area (Å²) in [5.41, 5.74) is 2.85. The number of ether oxygens (including phenoxy) is 1. The van der Waals surface area contributed by atoms with Crippen LogP contribution in [0.2, 0.25) is 0 Å². The normalized spacial score (nSPS) is 14.7. The van der Waals surface area contributed by atoms with Gasteiger partial charge < -0.3 is 9.72 Å². The van der Waals surface area contributed by atoms with Crippen LogP contribution in [-0.4, -0.2) is 58.8 Å². The van der Waals surface area contributed by atoms with Crippen LogP contribution in [-0.2, 0) is 14.8 Å². The second kappa shape index (κ2) is 10.9. The summed E-state index contributed by atoms with van der Waals surface area (Å²) in [4.78, 5) is 20.1. The van der Waals surface area contributed by atoms with E-state index in [4.69, 9.17) is 9.84 Å². The van der Waals surface area contributed by atoms with Gasteiger partial charge in [-0.2, -0.15) is 14.7 Å². The zero-order chi connectivity index (χ0) is 28.4. The number of benzene rings is 3. The number of nitrogens with zero attached hydrogens (tertiary/aromatic N) is 5. The van der Waals surface area contributed by atoms with Crippen LogP contribution < -0.4 is 5.56 Å². The Morgan fingerprint density at radius 3 is 2.41 bits per heavy atom. The van der Waals surface area contributed by atoms with Crippen LogP contribution in [0.15, 0.2) is 94.7 Å². The number of aromatic nitrogens is 4. The van der Waals surface area contributed by atoms with Gasteiger partial charge in [0.15, 0.2) is 5.82 Å². The highest BCUT2D eigenvalue weighted by atomic mass is 32.2. The van der Waals surface area contributed by atoms with Gasteiger partial charge in [0.05, 0.1) is 46.0 Å². The quantitative estimate of drug-likeness (QED) is 0.310. The third kappa shape index (κ3) is 5.19. The fraction of sp³-hybridized carbons (Fsp3) is 0.133. The summed E-state index contributed by atoms with van der Waals surface area (Å²) in [6, 6.07) is 25.1. The topological polar surface area (TPSA) is 134 Å². The maximum absolute atomic E-state index is 13.1. The van der Waals surface area contributed by atoms with Crippen molar-refractivity contribution >= 4 is 32.6 Å². The van der Waals surface area contributed by atoms with Crippen molar-refractivity contribution in [2.24, 2.45) is 0 Å². The molecule has 0 amide bonds. The van der Waals surface area contributed by atoms with E-state index in [0.29, 0.717) is 54.0 Å². The Morgan fingerprint density at radius 1 is 0.976 bits per heavy atom. The molecule has 5 aromatic rings. The Morgan fingerprint density at radius 2 is 1.68 bits per heavy atom. The summed E-state index contributed by atoms with van der Waals surface area (Å²) in [5.74, 6) is 0.140. The van der Waals surface area contributed by atoms with Gasteiger partial charge >= 0.3 is 0 Å². The minimum atomic E-state index is -3.66. The Kier molecular flexibility index (Phi) is 7.03. The molecule has 1 N–H and O–H groups in total. The Labute approximate surface area is 235 Å². The summed E-state index contributed by atoms with van der Waals surface area (Å²) in [5, 5.41) is 15.3. The lowest BCUT2D eigenvalue weighted by molar-refractivity contribution is 0.0730. The number of aromatic amines is 1. The van der Waals surface area contributed by atoms with Gasteiger partial charge in [0.1, 0.15) is 6.07 Å². The lowest BCUT2D eigenvalue weighted by Crippen LogP contribution is -2.40. The van der Waals surface area contributed by atoms with Crippen molar-refractivity contribution in [3.63, 3.8) is 0 Å². The number of H-pyrrole nitrogens is 1. The molecule has 0 spiro atoms. The minimum Gasteiger partial charge on any atom is -0.379 e. The molecular weight excluding hydrogens is 540 g/mol. The summed E-state index contributed by atoms with van der Waals surface area (Å²) < 4.78 is 34.6. The largest absolute Gasteiger partial charge is 0.379 e. The Balaban J connectivity index is 1.44. The van der Waals surface area contributed by atoms with Crippen molar-refractivity contribution in [3.8, 4) is 23.0 Å². The number of para-hydroxylation sites is 2. The van der Waals surface area contributed by atoms with Gasteiger partial charge in [-0.1, -0.05) is 42.5 Å². The summed E-state index contributed by atoms with van der Waals surface area (Å²) in [6.45, 7) is 1.34. The minimum absolute atomic E-state index is 0.140. The van der Waals surface area contributed by atoms with Crippen LogP contribution in [0.3, 0.4) is 0 Å². The number of rotatable bonds is 6. The molecule has 2 aromatic heterocycles. The first-order chi connectivity index (χ1) is 19.9. The third-order valence-corrected chi connectivity index (χ3v) is 8.70. The van der Waals surface area contributed by atoms with Crippen molar-refractivity contribution < 1.29 is 13.2 Å². The molecule has 1 aliphatic rings. The molecule has 3 aromatic carbocycles. The number of allylic oxidation sites excluding steroid dienone is 1. The highest BCUT2D eigenvalue weighted by Crippen LogP contribution is 2.29. The van der Waals surface area contributed by atoms with E-state index in [1.807, 2.05) is 30.3 Å². The summed E-state index contributed by atoms with van der Waals surface area (Å²) in [7, 11) is -3.66. The van der Waals surface area contributed by atoms with Crippen molar-refractivity contribution in [3.05, 3.63) is 107 Å². The molecule has 0 bridgehead atoms. The molecule has 11 heteroatoms. The molecule has 1 saturated heterocycles. The molecule has 41 heavy (non-hydrogen) atoms. The van der Waals surface area contributed by atoms with Crippen molar-refractivity contribution in [2.75, 3.05) is 26.3 Å². The van der Waals surface area contributed by atoms with Crippen LogP contribution >= 0.6 is 0 Å². The molecule has 0 atom stereocenters. The molecule has 10 nitrogen and oxygen atoms in total. The summed E-state index contributed by atoms with van der Waals surface area (Å²) >= 11 is 0. The molecule has 0 aliphatic carbocycles. The van der Waals surface area contributed by atoms with Gasteiger partial charge in [-0.05, 0) is 42.5 Å². The number of hydrogen-bond donors (Lipinski definition) is 1. The van der Waals surface area contributed by atoms with Crippen LogP contribution in [0, 0.1) is 11.3 Å². The number of morpholine rings is 1. The molecular formula is C30H24N6O4S. The van der Waals surface area contributed by atoms with Crippen molar-refractivity contribution in [2.45, 2.75) is 4.90 Å². The lowest BCUT2D eigenvalue weighted by atomic mass is 10.1. The average Bonchev–Trinajstić information content (AvgIpc) is 3.44. The first-order valence-electron chi connectivity index (χ1n) is 12.9. The number of hydrogen-bond acceptors (Lipinski definition) is 7. The molecule has 1 fully saturated rings. The predicted octanol–water partition coefficient (Wildman–Crippen LogP) is 3.86. The van der Waals surface area contributed by atoms with E-state index < -0.39 is 10.0 Å². The zero-order valence-corrected chi connectivity index (χ0v) is 22.6. The molecule has 0 saturated carbocycles. The average molecular weight is 565 g/mol. The smallest absolute Gasteiger partial charge is 0.259 e. The second-order valence-corrected chi connectivity index (χ2v) is 11.3. The molecule has 0 unspecified atom stereocenters. The predicted molar refractivity (Wildman–Crippen MR) is 154 cm³/mol. The fourth-order valence-corrected chi connectivity index (χ4v) is 6.08. The number of sulfonamides is 1. The van der Waals surface area contributed by atoms with E-state index in [9.17, 15) is 18.5 Å². The van der Waals surface area contributed by atoms with Crippen LogP contribution in [0.1, 0.15) is 11.4 Å². The Bertz CT molecular complexity index is 1970. The molecule has 0 radical (unpaired) electrons. The van der Waals surface area contributed by atoms with E-state index >= 15 is 0 Å². The molecule has 3 heterocycles. The standard InChI is InChI=1S/C30H24N6O4S/c31-19-22(29-32-27-9-5-4-8-26(27)30(37)33-29)18-23-20-36(24-6-2-1-3-7-24)34-28(23)21-10-12-25(13-11-21)41(38,39)35-14-16-40-17-15-35/h1-13,18,20H,14-17H2,(H,32,33,37)/b22-18-. The van der Waals surface area contributed by atoms with Gasteiger partial charge in [-0.3, -0.25) is 4.79 Å². The van der Waals surface area contributed by atoms with E-state index in [0.717, 1.165) is 5.69 Å². The number of nitrogens with one attached hydrogen (secondary N) is 1. The highest BCUT2D eigenvalue weighted by molar-refractivity contribution is 7.89. The van der Waals surface area contributed by atoms with E-state index in [2.05, 4.69) is 16.0 Å². The van der Waals surface area contributed by atoms with Crippen LogP contribution in [0.5, 0.6) is 0 Å². The first kappa shape index (κ1) is 26.3. The van der Waals surface area contributed by atoms with E-state index in [-0.39, 0.29) is 21.9 Å². The molecule has 1 aliphatic heterocycles. The fourth-order valence-electron chi connectivity index (χ4n) is 4.67. The van der Waals surface area contributed by atoms with Gasteiger partial charge in [-0.15, -0.1) is 0 Å². The molecule has 204 valence electrons. The number of nitriles is 1.